The highest BCUT2D eigenvalue weighted by molar-refractivity contribution is 5.04. The molecule has 0 unspecified atom stereocenters. The van der Waals surface area contributed by atoms with Crippen molar-refractivity contribution in [1.82, 2.24) is 14.8 Å². The summed E-state index contributed by atoms with van der Waals surface area (Å²) in [6.07, 6.45) is 7.49. The lowest BCUT2D eigenvalue weighted by Gasteiger charge is -2.48. The van der Waals surface area contributed by atoms with Gasteiger partial charge in [0.25, 0.3) is 0 Å². The molecule has 3 aliphatic heterocycles. The van der Waals surface area contributed by atoms with E-state index in [1.807, 2.05) is 12.3 Å². The molecule has 25 heavy (non-hydrogen) atoms. The zero-order valence-corrected chi connectivity index (χ0v) is 15.2. The van der Waals surface area contributed by atoms with Crippen LogP contribution in [-0.4, -0.2) is 79.0 Å². The van der Waals surface area contributed by atoms with Gasteiger partial charge < -0.3 is 14.4 Å². The van der Waals surface area contributed by atoms with Crippen LogP contribution in [0.3, 0.4) is 0 Å². The fourth-order valence-corrected chi connectivity index (χ4v) is 4.58. The first-order chi connectivity index (χ1) is 12.3. The molecule has 1 atom stereocenters. The lowest BCUT2D eigenvalue weighted by molar-refractivity contribution is -0.153. The molecule has 1 spiro atoms. The summed E-state index contributed by atoms with van der Waals surface area (Å²) in [7, 11) is 0. The van der Waals surface area contributed by atoms with Crippen LogP contribution in [-0.2, 0) is 15.9 Å². The van der Waals surface area contributed by atoms with E-state index in [0.717, 1.165) is 45.6 Å². The number of hydrogen-bond donors (Lipinski definition) is 0. The molecule has 0 amide bonds. The normalized spacial score (nSPS) is 28.2. The Morgan fingerprint density at radius 3 is 2.68 bits per heavy atom. The topological polar surface area (TPSA) is 37.8 Å². The summed E-state index contributed by atoms with van der Waals surface area (Å²) in [5.74, 6) is 0. The Morgan fingerprint density at radius 2 is 1.92 bits per heavy atom. The molecular formula is C20H31N3O2. The van der Waals surface area contributed by atoms with Gasteiger partial charge in [-0.15, -0.1) is 0 Å². The molecule has 0 bridgehead atoms. The maximum Gasteiger partial charge on any atom is 0.0741 e. The van der Waals surface area contributed by atoms with Crippen molar-refractivity contribution in [2.24, 2.45) is 0 Å². The minimum absolute atomic E-state index is 0.108. The van der Waals surface area contributed by atoms with Crippen molar-refractivity contribution in [3.05, 3.63) is 30.1 Å². The molecular weight excluding hydrogens is 314 g/mol. The Morgan fingerprint density at radius 1 is 1.08 bits per heavy atom. The molecule has 3 saturated heterocycles. The molecule has 138 valence electrons. The lowest BCUT2D eigenvalue weighted by Crippen LogP contribution is -2.56. The molecule has 4 heterocycles. The van der Waals surface area contributed by atoms with Crippen LogP contribution in [0.15, 0.2) is 24.4 Å². The van der Waals surface area contributed by atoms with Gasteiger partial charge in [-0.3, -0.25) is 9.88 Å². The van der Waals surface area contributed by atoms with E-state index in [1.165, 1.54) is 44.7 Å². The number of rotatable bonds is 4. The van der Waals surface area contributed by atoms with Gasteiger partial charge in [-0.05, 0) is 37.8 Å². The third-order valence-electron chi connectivity index (χ3n) is 6.20. The maximum atomic E-state index is 6.21. The summed E-state index contributed by atoms with van der Waals surface area (Å²) in [6, 6.07) is 6.90. The first kappa shape index (κ1) is 17.4. The fourth-order valence-electron chi connectivity index (χ4n) is 4.58. The number of nitrogens with zero attached hydrogens (tertiary/aromatic N) is 3. The summed E-state index contributed by atoms with van der Waals surface area (Å²) in [4.78, 5) is 9.75. The molecule has 0 saturated carbocycles. The molecule has 0 aliphatic carbocycles. The van der Waals surface area contributed by atoms with E-state index in [2.05, 4.69) is 26.9 Å². The fraction of sp³-hybridized carbons (Fsp3) is 0.750. The summed E-state index contributed by atoms with van der Waals surface area (Å²) < 4.78 is 11.8. The molecule has 5 heteroatoms. The molecule has 0 radical (unpaired) electrons. The van der Waals surface area contributed by atoms with Crippen LogP contribution in [0.25, 0.3) is 0 Å². The zero-order valence-electron chi connectivity index (χ0n) is 15.2. The Hall–Kier alpha value is -1.01. The van der Waals surface area contributed by atoms with Gasteiger partial charge in [-0.25, -0.2) is 0 Å². The van der Waals surface area contributed by atoms with Gasteiger partial charge in [-0.2, -0.15) is 0 Å². The lowest BCUT2D eigenvalue weighted by atomic mass is 9.83. The highest BCUT2D eigenvalue weighted by Crippen LogP contribution is 2.36. The van der Waals surface area contributed by atoms with E-state index >= 15 is 0 Å². The number of piperazine rings is 1. The predicted molar refractivity (Wildman–Crippen MR) is 97.7 cm³/mol. The first-order valence-electron chi connectivity index (χ1n) is 9.91. The van der Waals surface area contributed by atoms with Gasteiger partial charge in [0.2, 0.25) is 0 Å². The van der Waals surface area contributed by atoms with Crippen LogP contribution in [0.5, 0.6) is 0 Å². The van der Waals surface area contributed by atoms with Crippen molar-refractivity contribution < 1.29 is 9.47 Å². The van der Waals surface area contributed by atoms with E-state index in [9.17, 15) is 0 Å². The molecule has 3 fully saturated rings. The molecule has 0 aromatic carbocycles. The van der Waals surface area contributed by atoms with Crippen molar-refractivity contribution in [2.75, 3.05) is 52.5 Å². The maximum absolute atomic E-state index is 6.21. The average molecular weight is 345 g/mol. The number of hydrogen-bond acceptors (Lipinski definition) is 5. The Kier molecular flexibility index (Phi) is 5.66. The highest BCUT2D eigenvalue weighted by atomic mass is 16.5. The predicted octanol–water partition coefficient (Wildman–Crippen LogP) is 1.97. The van der Waals surface area contributed by atoms with Crippen LogP contribution < -0.4 is 0 Å². The van der Waals surface area contributed by atoms with Crippen LogP contribution in [0.4, 0.5) is 0 Å². The zero-order chi connectivity index (χ0) is 17.0. The quantitative estimate of drug-likeness (QED) is 0.834. The molecule has 1 aromatic rings. The van der Waals surface area contributed by atoms with Gasteiger partial charge in [0.1, 0.15) is 0 Å². The minimum atomic E-state index is 0.108. The van der Waals surface area contributed by atoms with E-state index in [4.69, 9.17) is 9.47 Å². The third-order valence-corrected chi connectivity index (χ3v) is 6.20. The van der Waals surface area contributed by atoms with Crippen molar-refractivity contribution in [1.29, 1.82) is 0 Å². The van der Waals surface area contributed by atoms with Crippen molar-refractivity contribution in [2.45, 2.75) is 43.7 Å². The first-order valence-corrected chi connectivity index (χ1v) is 9.91. The smallest absolute Gasteiger partial charge is 0.0741 e. The van der Waals surface area contributed by atoms with E-state index in [-0.39, 0.29) is 5.60 Å². The van der Waals surface area contributed by atoms with Crippen molar-refractivity contribution >= 4 is 0 Å². The van der Waals surface area contributed by atoms with Gasteiger partial charge in [0.15, 0.2) is 0 Å². The summed E-state index contributed by atoms with van der Waals surface area (Å²) in [6.45, 7) is 8.53. The summed E-state index contributed by atoms with van der Waals surface area (Å²) in [5.41, 5.74) is 1.31. The second-order valence-electron chi connectivity index (χ2n) is 7.74. The largest absolute Gasteiger partial charge is 0.381 e. The number of pyridine rings is 1. The molecule has 0 N–H and O–H groups in total. The highest BCUT2D eigenvalue weighted by Gasteiger charge is 2.41. The molecule has 5 nitrogen and oxygen atoms in total. The SMILES string of the molecule is c1ccc(CCN2CCN([C@H]3CCOC4(CCOCC4)C3)CC2)nc1. The monoisotopic (exact) mass is 345 g/mol. The third kappa shape index (κ3) is 4.40. The Labute approximate surface area is 151 Å². The van der Waals surface area contributed by atoms with E-state index in [0.29, 0.717) is 6.04 Å². The summed E-state index contributed by atoms with van der Waals surface area (Å²) in [5, 5.41) is 0. The molecule has 1 aromatic heterocycles. The van der Waals surface area contributed by atoms with Crippen LogP contribution in [0.2, 0.25) is 0 Å². The summed E-state index contributed by atoms with van der Waals surface area (Å²) >= 11 is 0. The Bertz CT molecular complexity index is 519. The molecule has 4 rings (SSSR count). The minimum Gasteiger partial charge on any atom is -0.381 e. The number of aromatic nitrogens is 1. The van der Waals surface area contributed by atoms with Gasteiger partial charge in [0.05, 0.1) is 5.60 Å². The average Bonchev–Trinajstić information content (AvgIpc) is 2.68. The molecule has 3 aliphatic rings. The van der Waals surface area contributed by atoms with E-state index < -0.39 is 0 Å². The van der Waals surface area contributed by atoms with Crippen LogP contribution in [0.1, 0.15) is 31.4 Å². The Balaban J connectivity index is 1.24. The second-order valence-corrected chi connectivity index (χ2v) is 7.74. The van der Waals surface area contributed by atoms with E-state index in [1.54, 1.807) is 0 Å². The van der Waals surface area contributed by atoms with Gasteiger partial charge in [-0.1, -0.05) is 6.07 Å². The van der Waals surface area contributed by atoms with Crippen molar-refractivity contribution in [3.8, 4) is 0 Å². The van der Waals surface area contributed by atoms with Crippen LogP contribution in [0, 0.1) is 0 Å². The number of ether oxygens (including phenoxy) is 2. The van der Waals surface area contributed by atoms with Crippen molar-refractivity contribution in [3.63, 3.8) is 0 Å². The van der Waals surface area contributed by atoms with Gasteiger partial charge >= 0.3 is 0 Å². The standard InChI is InChI=1S/C20H31N3O2/c1-2-8-21-18(3-1)4-9-22-10-12-23(13-11-22)19-5-14-25-20(17-19)6-15-24-16-7-20/h1-3,8,19H,4-7,9-17H2/t19-/m0/s1. The van der Waals surface area contributed by atoms with Crippen LogP contribution >= 0.6 is 0 Å². The van der Waals surface area contributed by atoms with Gasteiger partial charge in [0, 0.05) is 76.9 Å². The second kappa shape index (κ2) is 8.12.